The molecular weight excluding hydrogens is 472 g/mol. The topological polar surface area (TPSA) is 97.3 Å². The molecule has 1 saturated heterocycles. The lowest BCUT2D eigenvalue weighted by molar-refractivity contribution is -0.143. The van der Waals surface area contributed by atoms with Crippen LogP contribution in [0.1, 0.15) is 34.2 Å². The third-order valence-electron chi connectivity index (χ3n) is 7.39. The van der Waals surface area contributed by atoms with Gasteiger partial charge in [-0.3, -0.25) is 14.5 Å². The van der Waals surface area contributed by atoms with Gasteiger partial charge in [0.05, 0.1) is 19.6 Å². The average molecular weight is 503 g/mol. The molecule has 3 atom stereocenters. The number of ether oxygens (including phenoxy) is 3. The van der Waals surface area contributed by atoms with E-state index in [-0.39, 0.29) is 25.2 Å². The van der Waals surface area contributed by atoms with Gasteiger partial charge in [-0.25, -0.2) is 0 Å². The van der Waals surface area contributed by atoms with E-state index in [1.54, 1.807) is 7.11 Å². The number of aliphatic carboxylic acids is 1. The number of carbonyl (C=O) groups is 2. The molecule has 2 heterocycles. The molecule has 37 heavy (non-hydrogen) atoms. The first-order valence-electron chi connectivity index (χ1n) is 12.2. The molecular formula is C29H30N2O6. The lowest BCUT2D eigenvalue weighted by Gasteiger charge is -2.27. The number of likely N-dealkylation sites (tertiary alicyclic amines) is 1. The number of methoxy groups -OCH3 is 1. The molecule has 5 rings (SSSR count). The fraction of sp³-hybridized carbons (Fsp3) is 0.310. The Labute approximate surface area is 215 Å². The first-order chi connectivity index (χ1) is 17.9. The molecule has 0 aromatic heterocycles. The molecule has 1 fully saturated rings. The van der Waals surface area contributed by atoms with Crippen molar-refractivity contribution in [3.63, 3.8) is 0 Å². The number of carboxylic acids is 1. The molecule has 0 radical (unpaired) electrons. The summed E-state index contributed by atoms with van der Waals surface area (Å²) < 4.78 is 16.3. The summed E-state index contributed by atoms with van der Waals surface area (Å²) in [6.07, 6.45) is 0. The molecule has 3 aromatic carbocycles. The number of amides is 1. The summed E-state index contributed by atoms with van der Waals surface area (Å²) in [5.74, 6) is -0.308. The minimum atomic E-state index is -0.916. The Balaban J connectivity index is 1.48. The predicted molar refractivity (Wildman–Crippen MR) is 138 cm³/mol. The Hall–Kier alpha value is -4.04. The Morgan fingerprint density at radius 3 is 2.49 bits per heavy atom. The highest BCUT2D eigenvalue weighted by Gasteiger charge is 2.48. The fourth-order valence-corrected chi connectivity index (χ4v) is 5.33. The Kier molecular flexibility index (Phi) is 6.76. The summed E-state index contributed by atoms with van der Waals surface area (Å²) in [7, 11) is 1.59. The summed E-state index contributed by atoms with van der Waals surface area (Å²) in [6.45, 7) is 4.56. The molecule has 0 spiro atoms. The van der Waals surface area contributed by atoms with Crippen molar-refractivity contribution in [2.45, 2.75) is 25.8 Å². The molecule has 3 aromatic rings. The number of aryl methyl sites for hydroxylation is 1. The Morgan fingerprint density at radius 1 is 1.03 bits per heavy atom. The van der Waals surface area contributed by atoms with E-state index in [1.165, 1.54) is 0 Å². The first-order valence-corrected chi connectivity index (χ1v) is 12.2. The Morgan fingerprint density at radius 2 is 1.76 bits per heavy atom. The molecule has 192 valence electrons. The van der Waals surface area contributed by atoms with Gasteiger partial charge in [0.1, 0.15) is 5.75 Å². The number of benzene rings is 3. The zero-order valence-corrected chi connectivity index (χ0v) is 21.1. The maximum atomic E-state index is 13.2. The van der Waals surface area contributed by atoms with Crippen molar-refractivity contribution in [3.05, 3.63) is 82.9 Å². The molecule has 8 heteroatoms. The van der Waals surface area contributed by atoms with Crippen LogP contribution in [-0.4, -0.2) is 48.9 Å². The van der Waals surface area contributed by atoms with Crippen molar-refractivity contribution in [2.75, 3.05) is 32.3 Å². The largest absolute Gasteiger partial charge is 0.497 e. The number of rotatable bonds is 7. The van der Waals surface area contributed by atoms with Gasteiger partial charge < -0.3 is 24.6 Å². The molecule has 0 bridgehead atoms. The second-order valence-corrected chi connectivity index (χ2v) is 9.53. The molecule has 0 aliphatic carbocycles. The van der Waals surface area contributed by atoms with Crippen molar-refractivity contribution in [1.29, 1.82) is 0 Å². The number of hydrogen-bond donors (Lipinski definition) is 2. The number of nitrogens with one attached hydrogen (secondary N) is 1. The minimum Gasteiger partial charge on any atom is -0.497 e. The van der Waals surface area contributed by atoms with Crippen LogP contribution in [0.25, 0.3) is 0 Å². The number of anilines is 1. The summed E-state index contributed by atoms with van der Waals surface area (Å²) in [6, 6.07) is 18.2. The standard InChI is InChI=1S/C29H30N2O6/c1-17-5-4-6-23(18(17)2)30-26(32)15-31-14-22(20-9-12-24-25(13-20)37-16-36-24)27(29(33)34)28(31)19-7-10-21(35-3)11-8-19/h4-13,22,27-28H,14-16H2,1-3H3,(H,30,32)(H,33,34)/t22?,27-,28+/m0/s1. The Bertz CT molecular complexity index is 1320. The van der Waals surface area contributed by atoms with Crippen LogP contribution in [0.2, 0.25) is 0 Å². The fourth-order valence-electron chi connectivity index (χ4n) is 5.33. The van der Waals surface area contributed by atoms with Crippen LogP contribution in [0, 0.1) is 19.8 Å². The van der Waals surface area contributed by atoms with Gasteiger partial charge in [-0.1, -0.05) is 30.3 Å². The van der Waals surface area contributed by atoms with Crippen molar-refractivity contribution in [3.8, 4) is 17.2 Å². The SMILES string of the molecule is COc1ccc([C@@H]2[C@@H](C(=O)O)C(c3ccc4c(c3)OCO4)CN2CC(=O)Nc2cccc(C)c2C)cc1. The number of carbonyl (C=O) groups excluding carboxylic acids is 1. The van der Waals surface area contributed by atoms with Crippen LogP contribution in [-0.2, 0) is 9.59 Å². The first kappa shape index (κ1) is 24.6. The van der Waals surface area contributed by atoms with Crippen molar-refractivity contribution < 1.29 is 28.9 Å². The maximum absolute atomic E-state index is 13.2. The molecule has 1 unspecified atom stereocenters. The second-order valence-electron chi connectivity index (χ2n) is 9.53. The third kappa shape index (κ3) is 4.84. The van der Waals surface area contributed by atoms with E-state index in [0.29, 0.717) is 23.8 Å². The highest BCUT2D eigenvalue weighted by atomic mass is 16.7. The van der Waals surface area contributed by atoms with E-state index in [0.717, 1.165) is 27.9 Å². The monoisotopic (exact) mass is 502 g/mol. The normalized spacial score (nSPS) is 20.6. The maximum Gasteiger partial charge on any atom is 0.309 e. The van der Waals surface area contributed by atoms with Crippen LogP contribution >= 0.6 is 0 Å². The summed E-state index contributed by atoms with van der Waals surface area (Å²) in [5.41, 5.74) is 4.50. The number of fused-ring (bicyclic) bond motifs is 1. The van der Waals surface area contributed by atoms with Crippen LogP contribution in [0.15, 0.2) is 60.7 Å². The van der Waals surface area contributed by atoms with Gasteiger partial charge in [-0.2, -0.15) is 0 Å². The van der Waals surface area contributed by atoms with Crippen molar-refractivity contribution in [2.24, 2.45) is 5.92 Å². The van der Waals surface area contributed by atoms with Gasteiger partial charge in [0.2, 0.25) is 12.7 Å². The number of nitrogens with zero attached hydrogens (tertiary/aromatic N) is 1. The van der Waals surface area contributed by atoms with Gasteiger partial charge in [-0.05, 0) is 66.4 Å². The molecule has 1 amide bonds. The van der Waals surface area contributed by atoms with Crippen LogP contribution in [0.3, 0.4) is 0 Å². The molecule has 8 nitrogen and oxygen atoms in total. The zero-order chi connectivity index (χ0) is 26.1. The molecule has 2 aliphatic heterocycles. The van der Waals surface area contributed by atoms with E-state index in [4.69, 9.17) is 14.2 Å². The van der Waals surface area contributed by atoms with Gasteiger partial charge in [0.25, 0.3) is 0 Å². The van der Waals surface area contributed by atoms with Gasteiger partial charge in [-0.15, -0.1) is 0 Å². The van der Waals surface area contributed by atoms with Gasteiger partial charge in [0, 0.05) is 24.2 Å². The smallest absolute Gasteiger partial charge is 0.309 e. The lowest BCUT2D eigenvalue weighted by atomic mass is 9.82. The lowest BCUT2D eigenvalue weighted by Crippen LogP contribution is -2.35. The number of hydrogen-bond acceptors (Lipinski definition) is 6. The molecule has 0 saturated carbocycles. The van der Waals surface area contributed by atoms with Crippen LogP contribution in [0.5, 0.6) is 17.2 Å². The van der Waals surface area contributed by atoms with Crippen molar-refractivity contribution >= 4 is 17.6 Å². The van der Waals surface area contributed by atoms with E-state index in [1.807, 2.05) is 79.4 Å². The average Bonchev–Trinajstić information content (AvgIpc) is 3.51. The zero-order valence-electron chi connectivity index (χ0n) is 21.1. The van der Waals surface area contributed by atoms with E-state index < -0.39 is 17.9 Å². The highest BCUT2D eigenvalue weighted by Crippen LogP contribution is 2.47. The predicted octanol–water partition coefficient (Wildman–Crippen LogP) is 4.52. The highest BCUT2D eigenvalue weighted by molar-refractivity contribution is 5.93. The van der Waals surface area contributed by atoms with Gasteiger partial charge in [0.15, 0.2) is 11.5 Å². The van der Waals surface area contributed by atoms with Crippen molar-refractivity contribution in [1.82, 2.24) is 4.90 Å². The summed E-state index contributed by atoms with van der Waals surface area (Å²) >= 11 is 0. The third-order valence-corrected chi connectivity index (χ3v) is 7.39. The quantitative estimate of drug-likeness (QED) is 0.490. The van der Waals surface area contributed by atoms with E-state index in [2.05, 4.69) is 5.32 Å². The van der Waals surface area contributed by atoms with E-state index >= 15 is 0 Å². The molecule has 2 N–H and O–H groups in total. The molecule has 2 aliphatic rings. The van der Waals surface area contributed by atoms with Crippen LogP contribution < -0.4 is 19.5 Å². The number of carboxylic acid groups (broad SMARTS) is 1. The summed E-state index contributed by atoms with van der Waals surface area (Å²) in [4.78, 5) is 27.9. The van der Waals surface area contributed by atoms with Crippen LogP contribution in [0.4, 0.5) is 5.69 Å². The summed E-state index contributed by atoms with van der Waals surface area (Å²) in [5, 5.41) is 13.4. The van der Waals surface area contributed by atoms with E-state index in [9.17, 15) is 14.7 Å². The van der Waals surface area contributed by atoms with Gasteiger partial charge >= 0.3 is 5.97 Å². The second kappa shape index (κ2) is 10.1. The minimum absolute atomic E-state index is 0.0505.